The van der Waals surface area contributed by atoms with Gasteiger partial charge in [-0.2, -0.15) is 0 Å². The van der Waals surface area contributed by atoms with E-state index in [1.807, 2.05) is 35.7 Å². The Kier molecular flexibility index (Phi) is 6.77. The van der Waals surface area contributed by atoms with E-state index in [1.165, 1.54) is 35.6 Å². The molecule has 2 aromatic carbocycles. The van der Waals surface area contributed by atoms with E-state index in [1.54, 1.807) is 0 Å². The largest absolute Gasteiger partial charge is 0.456 e. The minimum Gasteiger partial charge on any atom is -0.456 e. The van der Waals surface area contributed by atoms with Crippen molar-refractivity contribution in [2.24, 2.45) is 0 Å². The number of hydrogen-bond donors (Lipinski definition) is 1. The Morgan fingerprint density at radius 1 is 1.16 bits per heavy atom. The van der Waals surface area contributed by atoms with Crippen LogP contribution in [0.4, 0.5) is 0 Å². The number of esters is 1. The van der Waals surface area contributed by atoms with Gasteiger partial charge in [0.1, 0.15) is 11.6 Å². The molecule has 0 amide bonds. The lowest BCUT2D eigenvalue weighted by molar-refractivity contribution is 0.0468. The Morgan fingerprint density at radius 2 is 1.94 bits per heavy atom. The van der Waals surface area contributed by atoms with Crippen LogP contribution < -0.4 is 4.72 Å². The van der Waals surface area contributed by atoms with Gasteiger partial charge in [0.25, 0.3) is 0 Å². The number of rotatable bonds is 8. The molecule has 0 radical (unpaired) electrons. The number of ether oxygens (including phenoxy) is 2. The van der Waals surface area contributed by atoms with Gasteiger partial charge < -0.3 is 9.47 Å². The van der Waals surface area contributed by atoms with Gasteiger partial charge in [-0.1, -0.05) is 30.3 Å². The number of carbonyl (C=O) groups is 1. The van der Waals surface area contributed by atoms with Gasteiger partial charge in [0.15, 0.2) is 0 Å². The zero-order valence-corrected chi connectivity index (χ0v) is 18.3. The first-order chi connectivity index (χ1) is 15.0. The molecule has 9 heteroatoms. The Labute approximate surface area is 185 Å². The second kappa shape index (κ2) is 9.69. The number of thiazole rings is 1. The minimum absolute atomic E-state index is 0.0468. The molecule has 2 heterocycles. The van der Waals surface area contributed by atoms with Crippen LogP contribution in [0.3, 0.4) is 0 Å². The Morgan fingerprint density at radius 3 is 2.65 bits per heavy atom. The average molecular weight is 459 g/mol. The van der Waals surface area contributed by atoms with Gasteiger partial charge in [-0.05, 0) is 37.1 Å². The average Bonchev–Trinajstić information content (AvgIpc) is 3.49. The molecule has 7 nitrogen and oxygen atoms in total. The predicted octanol–water partition coefficient (Wildman–Crippen LogP) is 3.62. The summed E-state index contributed by atoms with van der Waals surface area (Å²) in [6, 6.07) is 15.4. The van der Waals surface area contributed by atoms with Crippen LogP contribution in [0.2, 0.25) is 0 Å². The van der Waals surface area contributed by atoms with Crippen LogP contribution in [0.15, 0.2) is 64.9 Å². The number of aromatic nitrogens is 1. The molecule has 162 valence electrons. The highest BCUT2D eigenvalue weighted by atomic mass is 32.2. The molecule has 1 N–H and O–H groups in total. The second-order valence-electron chi connectivity index (χ2n) is 7.10. The van der Waals surface area contributed by atoms with Crippen LogP contribution in [0.1, 0.15) is 28.9 Å². The quantitative estimate of drug-likeness (QED) is 0.518. The van der Waals surface area contributed by atoms with Crippen molar-refractivity contribution in [2.45, 2.75) is 30.4 Å². The van der Waals surface area contributed by atoms with E-state index >= 15 is 0 Å². The molecule has 1 aliphatic heterocycles. The fourth-order valence-electron chi connectivity index (χ4n) is 3.17. The molecule has 1 unspecified atom stereocenters. The van der Waals surface area contributed by atoms with E-state index in [0.717, 1.165) is 23.4 Å². The summed E-state index contributed by atoms with van der Waals surface area (Å²) in [6.45, 7) is 0.952. The van der Waals surface area contributed by atoms with Gasteiger partial charge in [0, 0.05) is 24.1 Å². The summed E-state index contributed by atoms with van der Waals surface area (Å²) in [5, 5.41) is 2.71. The molecular formula is C22H22N2O5S2. The maximum absolute atomic E-state index is 12.4. The predicted molar refractivity (Wildman–Crippen MR) is 117 cm³/mol. The number of sulfonamides is 1. The first kappa shape index (κ1) is 21.6. The van der Waals surface area contributed by atoms with E-state index in [0.29, 0.717) is 12.3 Å². The zero-order chi connectivity index (χ0) is 21.7. The maximum Gasteiger partial charge on any atom is 0.338 e. The molecule has 31 heavy (non-hydrogen) atoms. The third-order valence-corrected chi connectivity index (χ3v) is 7.23. The molecule has 1 aliphatic rings. The number of nitrogens with one attached hydrogen (secondary N) is 1. The van der Waals surface area contributed by atoms with Crippen LogP contribution in [0, 0.1) is 0 Å². The summed E-state index contributed by atoms with van der Waals surface area (Å²) in [5.74, 6) is -0.537. The summed E-state index contributed by atoms with van der Waals surface area (Å²) < 4.78 is 38.1. The molecule has 0 saturated carbocycles. The highest BCUT2D eigenvalue weighted by Gasteiger charge is 2.20. The van der Waals surface area contributed by atoms with Crippen molar-refractivity contribution < 1.29 is 22.7 Å². The van der Waals surface area contributed by atoms with E-state index < -0.39 is 16.0 Å². The van der Waals surface area contributed by atoms with Crippen molar-refractivity contribution in [1.82, 2.24) is 9.71 Å². The summed E-state index contributed by atoms with van der Waals surface area (Å²) in [5.41, 5.74) is 1.95. The van der Waals surface area contributed by atoms with Crippen molar-refractivity contribution in [3.8, 4) is 10.6 Å². The van der Waals surface area contributed by atoms with Crippen LogP contribution in [0.25, 0.3) is 10.6 Å². The van der Waals surface area contributed by atoms with Gasteiger partial charge in [-0.15, -0.1) is 11.3 Å². The third kappa shape index (κ3) is 5.56. The maximum atomic E-state index is 12.4. The van der Waals surface area contributed by atoms with Crippen molar-refractivity contribution in [3.63, 3.8) is 0 Å². The topological polar surface area (TPSA) is 94.6 Å². The molecule has 1 atom stereocenters. The molecule has 1 aromatic heterocycles. The molecule has 0 bridgehead atoms. The fraction of sp³-hybridized carbons (Fsp3) is 0.273. The second-order valence-corrected chi connectivity index (χ2v) is 9.72. The van der Waals surface area contributed by atoms with Crippen molar-refractivity contribution >= 4 is 27.3 Å². The highest BCUT2D eigenvalue weighted by Crippen LogP contribution is 2.23. The van der Waals surface area contributed by atoms with Crippen LogP contribution >= 0.6 is 11.3 Å². The smallest absolute Gasteiger partial charge is 0.338 e. The standard InChI is InChI=1S/C22H22N2O5S2/c25-22(29-14-18-15-30-21(24-18)16-5-2-1-3-6-16)17-8-10-20(11-9-17)31(26,27)23-13-19-7-4-12-28-19/h1-3,5-6,8-11,15,19,23H,4,7,12-14H2. The molecule has 1 saturated heterocycles. The Balaban J connectivity index is 1.32. The van der Waals surface area contributed by atoms with Gasteiger partial charge >= 0.3 is 5.97 Å². The summed E-state index contributed by atoms with van der Waals surface area (Å²) in [6.07, 6.45) is 1.70. The molecule has 0 spiro atoms. The van der Waals surface area contributed by atoms with Crippen molar-refractivity contribution in [2.75, 3.05) is 13.2 Å². The Hall–Kier alpha value is -2.59. The van der Waals surface area contributed by atoms with Crippen LogP contribution in [0.5, 0.6) is 0 Å². The number of carbonyl (C=O) groups excluding carboxylic acids is 1. The lowest BCUT2D eigenvalue weighted by atomic mass is 10.2. The van der Waals surface area contributed by atoms with E-state index in [2.05, 4.69) is 9.71 Å². The summed E-state index contributed by atoms with van der Waals surface area (Å²) in [4.78, 5) is 16.9. The van der Waals surface area contributed by atoms with Crippen LogP contribution in [-0.4, -0.2) is 38.6 Å². The molecule has 4 rings (SSSR count). The van der Waals surface area contributed by atoms with Gasteiger partial charge in [-0.3, -0.25) is 0 Å². The van der Waals surface area contributed by atoms with Gasteiger partial charge in [0.2, 0.25) is 10.0 Å². The minimum atomic E-state index is -3.66. The first-order valence-electron chi connectivity index (χ1n) is 9.89. The number of nitrogens with zero attached hydrogens (tertiary/aromatic N) is 1. The normalized spacial score (nSPS) is 16.3. The van der Waals surface area contributed by atoms with E-state index in [4.69, 9.17) is 9.47 Å². The van der Waals surface area contributed by atoms with Crippen molar-refractivity contribution in [3.05, 3.63) is 71.2 Å². The molecule has 1 fully saturated rings. The first-order valence-corrected chi connectivity index (χ1v) is 12.3. The Bertz CT molecular complexity index is 1120. The van der Waals surface area contributed by atoms with E-state index in [9.17, 15) is 13.2 Å². The lowest BCUT2D eigenvalue weighted by Crippen LogP contribution is -2.31. The lowest BCUT2D eigenvalue weighted by Gasteiger charge is -2.11. The number of benzene rings is 2. The highest BCUT2D eigenvalue weighted by molar-refractivity contribution is 7.89. The SMILES string of the molecule is O=C(OCc1csc(-c2ccccc2)n1)c1ccc(S(=O)(=O)NCC2CCCO2)cc1. The summed E-state index contributed by atoms with van der Waals surface area (Å²) >= 11 is 1.48. The van der Waals surface area contributed by atoms with Crippen LogP contribution in [-0.2, 0) is 26.1 Å². The van der Waals surface area contributed by atoms with E-state index in [-0.39, 0.29) is 29.7 Å². The molecule has 0 aliphatic carbocycles. The summed E-state index contributed by atoms with van der Waals surface area (Å²) in [7, 11) is -3.66. The van der Waals surface area contributed by atoms with Gasteiger partial charge in [0.05, 0.1) is 22.3 Å². The van der Waals surface area contributed by atoms with Gasteiger partial charge in [-0.25, -0.2) is 22.9 Å². The third-order valence-electron chi connectivity index (χ3n) is 4.85. The number of hydrogen-bond acceptors (Lipinski definition) is 7. The molecule has 3 aromatic rings. The monoisotopic (exact) mass is 458 g/mol. The zero-order valence-electron chi connectivity index (χ0n) is 16.7. The fourth-order valence-corrected chi connectivity index (χ4v) is 5.05. The molecular weight excluding hydrogens is 436 g/mol. The van der Waals surface area contributed by atoms with Crippen molar-refractivity contribution in [1.29, 1.82) is 0 Å².